The molecule has 0 aromatic heterocycles. The lowest BCUT2D eigenvalue weighted by Gasteiger charge is -2.34. The second kappa shape index (κ2) is 11.3. The minimum atomic E-state index is -3.73. The molecule has 1 N–H and O–H groups in total. The molecule has 0 fully saturated rings. The Labute approximate surface area is 210 Å². The Morgan fingerprint density at radius 2 is 1.61 bits per heavy atom. The van der Waals surface area contributed by atoms with Crippen molar-refractivity contribution in [3.05, 3.63) is 63.7 Å². The summed E-state index contributed by atoms with van der Waals surface area (Å²) in [5.41, 5.74) is 0.789. The van der Waals surface area contributed by atoms with E-state index in [1.807, 2.05) is 58.0 Å². The van der Waals surface area contributed by atoms with Gasteiger partial charge in [0.2, 0.25) is 21.8 Å². The zero-order chi connectivity index (χ0) is 24.8. The molecule has 0 heterocycles. The molecule has 180 valence electrons. The molecule has 1 atom stereocenters. The van der Waals surface area contributed by atoms with E-state index in [1.54, 1.807) is 24.3 Å². The van der Waals surface area contributed by atoms with Crippen molar-refractivity contribution in [2.45, 2.75) is 52.2 Å². The van der Waals surface area contributed by atoms with Crippen molar-refractivity contribution in [2.75, 3.05) is 17.1 Å². The summed E-state index contributed by atoms with van der Waals surface area (Å²) in [4.78, 5) is 28.1. The van der Waals surface area contributed by atoms with Crippen LogP contribution < -0.4 is 9.62 Å². The normalized spacial score (nSPS) is 12.7. The zero-order valence-electron chi connectivity index (χ0n) is 19.7. The molecule has 2 amide bonds. The van der Waals surface area contributed by atoms with E-state index < -0.39 is 34.1 Å². The van der Waals surface area contributed by atoms with Crippen molar-refractivity contribution in [3.63, 3.8) is 0 Å². The van der Waals surface area contributed by atoms with E-state index in [9.17, 15) is 18.0 Å². The predicted octanol–water partition coefficient (Wildman–Crippen LogP) is 3.78. The number of hydrogen-bond acceptors (Lipinski definition) is 4. The highest BCUT2D eigenvalue weighted by Gasteiger charge is 2.33. The van der Waals surface area contributed by atoms with Crippen molar-refractivity contribution in [2.24, 2.45) is 0 Å². The van der Waals surface area contributed by atoms with E-state index >= 15 is 0 Å². The lowest BCUT2D eigenvalue weighted by Crippen LogP contribution is -2.55. The lowest BCUT2D eigenvalue weighted by atomic mass is 10.1. The van der Waals surface area contributed by atoms with Gasteiger partial charge in [-0.1, -0.05) is 37.3 Å². The number of benzene rings is 2. The average molecular weight is 586 g/mol. The summed E-state index contributed by atoms with van der Waals surface area (Å²) in [5, 5.41) is 2.95. The van der Waals surface area contributed by atoms with Gasteiger partial charge in [0.15, 0.2) is 0 Å². The van der Waals surface area contributed by atoms with Crippen LogP contribution in [0.5, 0.6) is 0 Å². The first-order chi connectivity index (χ1) is 15.3. The van der Waals surface area contributed by atoms with Crippen LogP contribution in [-0.4, -0.2) is 49.5 Å². The van der Waals surface area contributed by atoms with Gasteiger partial charge in [-0.25, -0.2) is 8.42 Å². The molecule has 7 nitrogen and oxygen atoms in total. The highest BCUT2D eigenvalue weighted by molar-refractivity contribution is 14.1. The van der Waals surface area contributed by atoms with Crippen molar-refractivity contribution < 1.29 is 18.0 Å². The van der Waals surface area contributed by atoms with E-state index in [4.69, 9.17) is 0 Å². The van der Waals surface area contributed by atoms with Gasteiger partial charge >= 0.3 is 0 Å². The molecule has 9 heteroatoms. The number of amides is 2. The average Bonchev–Trinajstić information content (AvgIpc) is 2.71. The minimum Gasteiger partial charge on any atom is -0.350 e. The van der Waals surface area contributed by atoms with Crippen LogP contribution in [0.15, 0.2) is 54.6 Å². The second-order valence-electron chi connectivity index (χ2n) is 8.92. The van der Waals surface area contributed by atoms with Crippen molar-refractivity contribution in [3.8, 4) is 0 Å². The third kappa shape index (κ3) is 8.29. The Kier molecular flexibility index (Phi) is 9.30. The van der Waals surface area contributed by atoms with Gasteiger partial charge in [-0.15, -0.1) is 0 Å². The summed E-state index contributed by atoms with van der Waals surface area (Å²) >= 11 is 2.13. The van der Waals surface area contributed by atoms with Crippen LogP contribution in [0.1, 0.15) is 39.7 Å². The molecule has 0 saturated heterocycles. The van der Waals surface area contributed by atoms with Crippen molar-refractivity contribution in [1.29, 1.82) is 0 Å². The molecule has 0 spiro atoms. The monoisotopic (exact) mass is 585 g/mol. The summed E-state index contributed by atoms with van der Waals surface area (Å²) in [6, 6.07) is 15.5. The van der Waals surface area contributed by atoms with Crippen LogP contribution in [0.2, 0.25) is 0 Å². The number of carbonyl (C=O) groups is 2. The van der Waals surface area contributed by atoms with Gasteiger partial charge in [0.05, 0.1) is 11.9 Å². The third-order valence-corrected chi connectivity index (χ3v) is 6.73. The van der Waals surface area contributed by atoms with Crippen LogP contribution >= 0.6 is 22.6 Å². The Hall–Kier alpha value is -2.14. The fourth-order valence-corrected chi connectivity index (χ4v) is 4.58. The SMILES string of the molecule is CCC(C(=O)NC(C)(C)C)N(Cc1ccccc1)C(=O)CN(c1ccc(I)cc1)S(C)(=O)=O. The minimum absolute atomic E-state index is 0.194. The maximum absolute atomic E-state index is 13.6. The van der Waals surface area contributed by atoms with E-state index in [1.165, 1.54) is 4.90 Å². The van der Waals surface area contributed by atoms with Crippen molar-refractivity contribution >= 4 is 50.1 Å². The van der Waals surface area contributed by atoms with Crippen LogP contribution in [0.25, 0.3) is 0 Å². The van der Waals surface area contributed by atoms with Crippen LogP contribution in [-0.2, 0) is 26.2 Å². The number of halogens is 1. The number of anilines is 1. The summed E-state index contributed by atoms with van der Waals surface area (Å²) < 4.78 is 27.2. The third-order valence-electron chi connectivity index (χ3n) is 4.87. The molecule has 0 aliphatic rings. The summed E-state index contributed by atoms with van der Waals surface area (Å²) in [6.45, 7) is 7.27. The Balaban J connectivity index is 2.42. The fourth-order valence-electron chi connectivity index (χ4n) is 3.37. The number of sulfonamides is 1. The molecule has 33 heavy (non-hydrogen) atoms. The molecule has 0 aliphatic heterocycles. The van der Waals surface area contributed by atoms with Gasteiger partial charge in [0.25, 0.3) is 0 Å². The zero-order valence-corrected chi connectivity index (χ0v) is 22.7. The van der Waals surface area contributed by atoms with Crippen LogP contribution in [0, 0.1) is 3.57 Å². The number of nitrogens with zero attached hydrogens (tertiary/aromatic N) is 2. The molecular weight excluding hydrogens is 553 g/mol. The van der Waals surface area contributed by atoms with E-state index in [2.05, 4.69) is 27.9 Å². The van der Waals surface area contributed by atoms with Gasteiger partial charge in [-0.2, -0.15) is 0 Å². The number of hydrogen-bond donors (Lipinski definition) is 1. The molecular formula is C24H32IN3O4S. The van der Waals surface area contributed by atoms with Gasteiger partial charge in [0.1, 0.15) is 12.6 Å². The smallest absolute Gasteiger partial charge is 0.244 e. The Morgan fingerprint density at radius 3 is 2.09 bits per heavy atom. The molecule has 2 aromatic rings. The van der Waals surface area contributed by atoms with Gasteiger partial charge < -0.3 is 10.2 Å². The molecule has 2 aromatic carbocycles. The maximum Gasteiger partial charge on any atom is 0.244 e. The number of rotatable bonds is 9. The standard InChI is InChI=1S/C24H32IN3O4S/c1-6-21(23(30)26-24(2,3)4)27(16-18-10-8-7-9-11-18)22(29)17-28(33(5,31)32)20-14-12-19(25)13-15-20/h7-15,21H,6,16-17H2,1-5H3,(H,26,30). The van der Waals surface area contributed by atoms with Crippen LogP contribution in [0.4, 0.5) is 5.69 Å². The largest absolute Gasteiger partial charge is 0.350 e. The maximum atomic E-state index is 13.6. The highest BCUT2D eigenvalue weighted by Crippen LogP contribution is 2.21. The molecule has 1 unspecified atom stereocenters. The highest BCUT2D eigenvalue weighted by atomic mass is 127. The van der Waals surface area contributed by atoms with Gasteiger partial charge in [-0.05, 0) is 79.6 Å². The Morgan fingerprint density at radius 1 is 1.03 bits per heavy atom. The molecule has 2 rings (SSSR count). The number of nitrogens with one attached hydrogen (secondary N) is 1. The summed E-state index contributed by atoms with van der Waals surface area (Å²) in [6.07, 6.45) is 1.46. The first kappa shape index (κ1) is 27.1. The van der Waals surface area contributed by atoms with Crippen LogP contribution in [0.3, 0.4) is 0 Å². The van der Waals surface area contributed by atoms with E-state index in [0.29, 0.717) is 12.1 Å². The fraction of sp³-hybridized carbons (Fsp3) is 0.417. The molecule has 0 bridgehead atoms. The number of carbonyl (C=O) groups excluding carboxylic acids is 2. The Bertz CT molecular complexity index is 1050. The summed E-state index contributed by atoms with van der Waals surface area (Å²) in [5.74, 6) is -0.715. The van der Waals surface area contributed by atoms with E-state index in [0.717, 1.165) is 19.7 Å². The first-order valence-corrected chi connectivity index (χ1v) is 13.6. The predicted molar refractivity (Wildman–Crippen MR) is 140 cm³/mol. The molecule has 0 saturated carbocycles. The second-order valence-corrected chi connectivity index (χ2v) is 12.1. The molecule has 0 radical (unpaired) electrons. The van der Waals surface area contributed by atoms with Gasteiger partial charge in [0, 0.05) is 15.7 Å². The summed E-state index contributed by atoms with van der Waals surface area (Å²) in [7, 11) is -3.73. The topological polar surface area (TPSA) is 86.8 Å². The van der Waals surface area contributed by atoms with E-state index in [-0.39, 0.29) is 12.5 Å². The lowest BCUT2D eigenvalue weighted by molar-refractivity contribution is -0.141. The van der Waals surface area contributed by atoms with Gasteiger partial charge in [-0.3, -0.25) is 13.9 Å². The van der Waals surface area contributed by atoms with Crippen molar-refractivity contribution in [1.82, 2.24) is 10.2 Å². The first-order valence-electron chi connectivity index (χ1n) is 10.7. The quantitative estimate of drug-likeness (QED) is 0.454. The molecule has 0 aliphatic carbocycles.